The van der Waals surface area contributed by atoms with Crippen molar-refractivity contribution >= 4 is 5.91 Å². The quantitative estimate of drug-likeness (QED) is 0.838. The molecule has 1 unspecified atom stereocenters. The van der Waals surface area contributed by atoms with Gasteiger partial charge in [0, 0.05) is 32.4 Å². The molecular weight excluding hydrogens is 256 g/mol. The van der Waals surface area contributed by atoms with E-state index in [1.807, 2.05) is 6.07 Å². The average Bonchev–Trinajstić information content (AvgIpc) is 2.83. The SMILES string of the molecule is CCCN1CCN(C(=O)c2cc(C#N)c[nH]2)CC(O)C1. The molecule has 1 aromatic rings. The number of H-pyrrole nitrogens is 1. The van der Waals surface area contributed by atoms with Crippen LogP contribution in [0, 0.1) is 11.3 Å². The lowest BCUT2D eigenvalue weighted by Gasteiger charge is -2.21. The third kappa shape index (κ3) is 3.38. The van der Waals surface area contributed by atoms with Crippen LogP contribution >= 0.6 is 0 Å². The number of aromatic nitrogens is 1. The summed E-state index contributed by atoms with van der Waals surface area (Å²) in [7, 11) is 0. The topological polar surface area (TPSA) is 83.4 Å². The van der Waals surface area contributed by atoms with Crippen LogP contribution in [-0.4, -0.2) is 64.6 Å². The van der Waals surface area contributed by atoms with Gasteiger partial charge in [-0.2, -0.15) is 5.26 Å². The minimum atomic E-state index is -0.529. The molecule has 2 heterocycles. The van der Waals surface area contributed by atoms with Gasteiger partial charge in [0.2, 0.25) is 0 Å². The highest BCUT2D eigenvalue weighted by Crippen LogP contribution is 2.10. The van der Waals surface area contributed by atoms with Gasteiger partial charge in [0.1, 0.15) is 11.8 Å². The summed E-state index contributed by atoms with van der Waals surface area (Å²) in [6, 6.07) is 3.54. The van der Waals surface area contributed by atoms with E-state index < -0.39 is 6.10 Å². The fourth-order valence-electron chi connectivity index (χ4n) is 2.51. The van der Waals surface area contributed by atoms with Crippen LogP contribution in [0.3, 0.4) is 0 Å². The lowest BCUT2D eigenvalue weighted by molar-refractivity contribution is 0.0659. The summed E-state index contributed by atoms with van der Waals surface area (Å²) in [4.78, 5) is 19.0. The van der Waals surface area contributed by atoms with E-state index in [4.69, 9.17) is 5.26 Å². The molecule has 2 rings (SSSR count). The van der Waals surface area contributed by atoms with Crippen molar-refractivity contribution in [2.45, 2.75) is 19.4 Å². The van der Waals surface area contributed by atoms with Crippen molar-refractivity contribution in [3.8, 4) is 6.07 Å². The molecule has 1 saturated heterocycles. The fraction of sp³-hybridized carbons (Fsp3) is 0.571. The molecule has 1 aliphatic heterocycles. The maximum atomic E-state index is 12.3. The van der Waals surface area contributed by atoms with E-state index in [0.717, 1.165) is 19.5 Å². The maximum Gasteiger partial charge on any atom is 0.270 e. The summed E-state index contributed by atoms with van der Waals surface area (Å²) >= 11 is 0. The number of aliphatic hydroxyl groups excluding tert-OH is 1. The molecule has 1 aliphatic rings. The van der Waals surface area contributed by atoms with E-state index in [1.165, 1.54) is 6.20 Å². The predicted molar refractivity (Wildman–Crippen MR) is 74.1 cm³/mol. The highest BCUT2D eigenvalue weighted by molar-refractivity contribution is 5.93. The van der Waals surface area contributed by atoms with E-state index in [-0.39, 0.29) is 5.91 Å². The molecule has 6 nitrogen and oxygen atoms in total. The van der Waals surface area contributed by atoms with Gasteiger partial charge in [0.25, 0.3) is 5.91 Å². The predicted octanol–water partition coefficient (Wildman–Crippen LogP) is 0.415. The molecule has 1 amide bonds. The van der Waals surface area contributed by atoms with Gasteiger partial charge in [-0.05, 0) is 19.0 Å². The number of rotatable bonds is 3. The summed E-state index contributed by atoms with van der Waals surface area (Å²) in [6.45, 7) is 5.33. The van der Waals surface area contributed by atoms with Gasteiger partial charge < -0.3 is 15.0 Å². The number of hydrogen-bond donors (Lipinski definition) is 2. The molecule has 0 radical (unpaired) electrons. The lowest BCUT2D eigenvalue weighted by atomic mass is 10.2. The number of aliphatic hydroxyl groups is 1. The van der Waals surface area contributed by atoms with Gasteiger partial charge in [0.05, 0.1) is 11.7 Å². The Morgan fingerprint density at radius 2 is 2.35 bits per heavy atom. The van der Waals surface area contributed by atoms with Crippen molar-refractivity contribution in [2.75, 3.05) is 32.7 Å². The Bertz CT molecular complexity index is 506. The summed E-state index contributed by atoms with van der Waals surface area (Å²) in [5, 5.41) is 18.8. The van der Waals surface area contributed by atoms with Crippen LogP contribution in [0.1, 0.15) is 29.4 Å². The van der Waals surface area contributed by atoms with E-state index in [1.54, 1.807) is 11.0 Å². The number of nitrogens with one attached hydrogen (secondary N) is 1. The molecule has 20 heavy (non-hydrogen) atoms. The normalized spacial score (nSPS) is 20.4. The van der Waals surface area contributed by atoms with Crippen LogP contribution in [0.2, 0.25) is 0 Å². The summed E-state index contributed by atoms with van der Waals surface area (Å²) < 4.78 is 0. The zero-order valence-electron chi connectivity index (χ0n) is 11.7. The third-order valence-electron chi connectivity index (χ3n) is 3.46. The Morgan fingerprint density at radius 3 is 3.00 bits per heavy atom. The first kappa shape index (κ1) is 14.6. The average molecular weight is 276 g/mol. The van der Waals surface area contributed by atoms with Crippen molar-refractivity contribution in [2.24, 2.45) is 0 Å². The van der Waals surface area contributed by atoms with Gasteiger partial charge in [-0.25, -0.2) is 0 Å². The monoisotopic (exact) mass is 276 g/mol. The molecule has 0 saturated carbocycles. The minimum Gasteiger partial charge on any atom is -0.390 e. The Balaban J connectivity index is 2.04. The number of aromatic amines is 1. The van der Waals surface area contributed by atoms with Gasteiger partial charge in [-0.3, -0.25) is 9.69 Å². The fourth-order valence-corrected chi connectivity index (χ4v) is 2.51. The number of β-amino-alcohol motifs (C(OH)–C–C–N with tert-alkyl or cyclic N) is 1. The first-order valence-corrected chi connectivity index (χ1v) is 6.92. The van der Waals surface area contributed by atoms with Gasteiger partial charge in [-0.1, -0.05) is 6.92 Å². The third-order valence-corrected chi connectivity index (χ3v) is 3.46. The molecule has 2 N–H and O–H groups in total. The van der Waals surface area contributed by atoms with E-state index >= 15 is 0 Å². The summed E-state index contributed by atoms with van der Waals surface area (Å²) in [5.74, 6) is -0.163. The first-order chi connectivity index (χ1) is 9.63. The second-order valence-corrected chi connectivity index (χ2v) is 5.12. The van der Waals surface area contributed by atoms with Crippen LogP contribution in [0.5, 0.6) is 0 Å². The summed E-state index contributed by atoms with van der Waals surface area (Å²) in [5.41, 5.74) is 0.842. The zero-order valence-corrected chi connectivity index (χ0v) is 11.7. The van der Waals surface area contributed by atoms with Gasteiger partial charge >= 0.3 is 0 Å². The van der Waals surface area contributed by atoms with Crippen LogP contribution in [0.25, 0.3) is 0 Å². The maximum absolute atomic E-state index is 12.3. The number of nitrogens with zero attached hydrogens (tertiary/aromatic N) is 3. The molecule has 0 bridgehead atoms. The number of carbonyl (C=O) groups is 1. The molecule has 6 heteroatoms. The minimum absolute atomic E-state index is 0.163. The van der Waals surface area contributed by atoms with Crippen LogP contribution < -0.4 is 0 Å². The Hall–Kier alpha value is -1.84. The molecule has 108 valence electrons. The highest BCUT2D eigenvalue weighted by Gasteiger charge is 2.25. The Kier molecular flexibility index (Phi) is 4.77. The molecular formula is C14H20N4O2. The zero-order chi connectivity index (χ0) is 14.5. The van der Waals surface area contributed by atoms with Crippen LogP contribution in [-0.2, 0) is 0 Å². The molecule has 1 atom stereocenters. The number of hydrogen-bond acceptors (Lipinski definition) is 4. The highest BCUT2D eigenvalue weighted by atomic mass is 16.3. The Labute approximate surface area is 118 Å². The molecule has 0 aromatic carbocycles. The van der Waals surface area contributed by atoms with Gasteiger partial charge in [0.15, 0.2) is 0 Å². The molecule has 1 aromatic heterocycles. The number of nitriles is 1. The lowest BCUT2D eigenvalue weighted by Crippen LogP contribution is -2.37. The molecule has 1 fully saturated rings. The second-order valence-electron chi connectivity index (χ2n) is 5.12. The summed E-state index contributed by atoms with van der Waals surface area (Å²) in [6.07, 6.45) is 2.02. The van der Waals surface area contributed by atoms with Crippen molar-refractivity contribution in [3.63, 3.8) is 0 Å². The van der Waals surface area contributed by atoms with E-state index in [9.17, 15) is 9.90 Å². The van der Waals surface area contributed by atoms with Crippen LogP contribution in [0.15, 0.2) is 12.3 Å². The smallest absolute Gasteiger partial charge is 0.270 e. The largest absolute Gasteiger partial charge is 0.390 e. The Morgan fingerprint density at radius 1 is 1.55 bits per heavy atom. The first-order valence-electron chi connectivity index (χ1n) is 6.92. The van der Waals surface area contributed by atoms with Crippen LogP contribution in [0.4, 0.5) is 0 Å². The second kappa shape index (κ2) is 6.55. The molecule has 0 aliphatic carbocycles. The van der Waals surface area contributed by atoms with Crippen molar-refractivity contribution < 1.29 is 9.90 Å². The van der Waals surface area contributed by atoms with E-state index in [2.05, 4.69) is 16.8 Å². The molecule has 0 spiro atoms. The number of amides is 1. The van der Waals surface area contributed by atoms with Crippen molar-refractivity contribution in [3.05, 3.63) is 23.5 Å². The number of carbonyl (C=O) groups excluding carboxylic acids is 1. The standard InChI is InChI=1S/C14H20N4O2/c1-2-3-17-4-5-18(10-12(19)9-17)14(20)13-6-11(7-15)8-16-13/h6,8,12,16,19H,2-5,9-10H2,1H3. The van der Waals surface area contributed by atoms with E-state index in [0.29, 0.717) is 30.9 Å². The van der Waals surface area contributed by atoms with Gasteiger partial charge in [-0.15, -0.1) is 0 Å². The van der Waals surface area contributed by atoms with Crippen molar-refractivity contribution in [1.82, 2.24) is 14.8 Å². The van der Waals surface area contributed by atoms with Crippen molar-refractivity contribution in [1.29, 1.82) is 5.26 Å².